The van der Waals surface area contributed by atoms with Crippen LogP contribution in [0.25, 0.3) is 0 Å². The summed E-state index contributed by atoms with van der Waals surface area (Å²) in [4.78, 5) is 16.7. The molecule has 0 aliphatic rings. The number of aromatic nitrogens is 3. The van der Waals surface area contributed by atoms with E-state index in [1.54, 1.807) is 23.1 Å². The number of hydrogen-bond donors (Lipinski definition) is 1. The molecular weight excluding hydrogens is 412 g/mol. The van der Waals surface area contributed by atoms with Crippen molar-refractivity contribution < 1.29 is 9.53 Å². The number of carbonyl (C=O) groups is 1. The van der Waals surface area contributed by atoms with Gasteiger partial charge in [0.1, 0.15) is 25.0 Å². The lowest BCUT2D eigenvalue weighted by molar-refractivity contribution is 0.0946. The van der Waals surface area contributed by atoms with E-state index in [1.165, 1.54) is 6.33 Å². The molecule has 0 radical (unpaired) electrons. The molecule has 0 saturated heterocycles. The highest BCUT2D eigenvalue weighted by molar-refractivity contribution is 6.30. The van der Waals surface area contributed by atoms with E-state index in [0.717, 1.165) is 16.7 Å². The highest BCUT2D eigenvalue weighted by Gasteiger charge is 2.12. The minimum Gasteiger partial charge on any atom is -0.488 e. The van der Waals surface area contributed by atoms with Gasteiger partial charge >= 0.3 is 0 Å². The van der Waals surface area contributed by atoms with E-state index < -0.39 is 0 Å². The molecule has 31 heavy (non-hydrogen) atoms. The summed E-state index contributed by atoms with van der Waals surface area (Å²) in [5.41, 5.74) is 3.60. The summed E-state index contributed by atoms with van der Waals surface area (Å²) in [7, 11) is 0. The minimum atomic E-state index is -0.182. The van der Waals surface area contributed by atoms with E-state index in [9.17, 15) is 4.79 Å². The third-order valence-corrected chi connectivity index (χ3v) is 4.98. The summed E-state index contributed by atoms with van der Waals surface area (Å²) in [6.45, 7) is 1.44. The molecule has 1 heterocycles. The van der Waals surface area contributed by atoms with E-state index in [1.807, 2.05) is 60.7 Å². The Balaban J connectivity index is 1.34. The lowest BCUT2D eigenvalue weighted by Crippen LogP contribution is -2.23. The molecule has 0 fully saturated rings. The van der Waals surface area contributed by atoms with Crippen LogP contribution < -0.4 is 10.1 Å². The molecule has 0 atom stereocenters. The fourth-order valence-corrected chi connectivity index (χ4v) is 3.19. The number of amides is 1. The van der Waals surface area contributed by atoms with Gasteiger partial charge in [0, 0.05) is 11.6 Å². The Morgan fingerprint density at radius 1 is 0.935 bits per heavy atom. The Labute approximate surface area is 185 Å². The van der Waals surface area contributed by atoms with Crippen LogP contribution in [0.3, 0.4) is 0 Å². The molecule has 1 amide bonds. The summed E-state index contributed by atoms with van der Waals surface area (Å²) in [5, 5.41) is 7.74. The fourth-order valence-electron chi connectivity index (χ4n) is 3.06. The predicted molar refractivity (Wildman–Crippen MR) is 119 cm³/mol. The number of benzene rings is 3. The number of rotatable bonds is 8. The molecule has 0 spiro atoms. The van der Waals surface area contributed by atoms with Gasteiger partial charge in [-0.2, -0.15) is 5.10 Å². The molecule has 1 aromatic heterocycles. The van der Waals surface area contributed by atoms with Crippen molar-refractivity contribution in [3.8, 4) is 5.75 Å². The largest absolute Gasteiger partial charge is 0.488 e. The summed E-state index contributed by atoms with van der Waals surface area (Å²) in [6.07, 6.45) is 3.20. The van der Waals surface area contributed by atoms with Crippen LogP contribution in [0, 0.1) is 0 Å². The van der Waals surface area contributed by atoms with Gasteiger partial charge in [-0.1, -0.05) is 60.1 Å². The van der Waals surface area contributed by atoms with Crippen LogP contribution in [0.4, 0.5) is 0 Å². The van der Waals surface area contributed by atoms with Crippen LogP contribution in [0.15, 0.2) is 85.5 Å². The third-order valence-electron chi connectivity index (χ3n) is 4.73. The van der Waals surface area contributed by atoms with Crippen molar-refractivity contribution in [1.82, 2.24) is 20.1 Å². The van der Waals surface area contributed by atoms with Gasteiger partial charge in [-0.25, -0.2) is 9.67 Å². The van der Waals surface area contributed by atoms with Crippen LogP contribution in [0.5, 0.6) is 5.75 Å². The molecular formula is C24H21ClN4O2. The van der Waals surface area contributed by atoms with E-state index in [0.29, 0.717) is 36.0 Å². The highest BCUT2D eigenvalue weighted by atomic mass is 35.5. The zero-order chi connectivity index (χ0) is 21.5. The van der Waals surface area contributed by atoms with Crippen molar-refractivity contribution >= 4 is 17.5 Å². The second kappa shape index (κ2) is 9.91. The Kier molecular flexibility index (Phi) is 6.59. The van der Waals surface area contributed by atoms with Gasteiger partial charge < -0.3 is 10.1 Å². The summed E-state index contributed by atoms with van der Waals surface area (Å²) in [6, 6.07) is 22.7. The molecule has 3 aromatic carbocycles. The SMILES string of the molecule is O=C(NCc1ccc(Cn2cncn2)cc1)c1ccccc1OCc1ccc(Cl)cc1. The first-order chi connectivity index (χ1) is 15.2. The zero-order valence-electron chi connectivity index (χ0n) is 16.7. The van der Waals surface area contributed by atoms with Gasteiger partial charge in [-0.15, -0.1) is 0 Å². The number of nitrogens with one attached hydrogen (secondary N) is 1. The quantitative estimate of drug-likeness (QED) is 0.445. The van der Waals surface area contributed by atoms with Crippen LogP contribution in [-0.4, -0.2) is 20.7 Å². The second-order valence-electron chi connectivity index (χ2n) is 7.00. The van der Waals surface area contributed by atoms with Crippen molar-refractivity contribution in [3.63, 3.8) is 0 Å². The molecule has 4 rings (SSSR count). The van der Waals surface area contributed by atoms with E-state index in [2.05, 4.69) is 15.4 Å². The molecule has 1 N–H and O–H groups in total. The van der Waals surface area contributed by atoms with Crippen molar-refractivity contribution in [2.75, 3.05) is 0 Å². The van der Waals surface area contributed by atoms with Crippen molar-refractivity contribution in [3.05, 3.63) is 113 Å². The zero-order valence-corrected chi connectivity index (χ0v) is 17.5. The van der Waals surface area contributed by atoms with Gasteiger partial charge in [0.25, 0.3) is 5.91 Å². The molecule has 0 bridgehead atoms. The summed E-state index contributed by atoms with van der Waals surface area (Å²) < 4.78 is 7.65. The summed E-state index contributed by atoms with van der Waals surface area (Å²) >= 11 is 5.92. The Bertz CT molecular complexity index is 1130. The van der Waals surface area contributed by atoms with Crippen molar-refractivity contribution in [1.29, 1.82) is 0 Å². The maximum atomic E-state index is 12.7. The smallest absolute Gasteiger partial charge is 0.255 e. The maximum Gasteiger partial charge on any atom is 0.255 e. The van der Waals surface area contributed by atoms with E-state index in [4.69, 9.17) is 16.3 Å². The van der Waals surface area contributed by atoms with Gasteiger partial charge in [-0.05, 0) is 41.0 Å². The lowest BCUT2D eigenvalue weighted by Gasteiger charge is -2.12. The summed E-state index contributed by atoms with van der Waals surface area (Å²) in [5.74, 6) is 0.358. The molecule has 0 aliphatic heterocycles. The average Bonchev–Trinajstić information content (AvgIpc) is 3.31. The van der Waals surface area contributed by atoms with Crippen molar-refractivity contribution in [2.24, 2.45) is 0 Å². The van der Waals surface area contributed by atoms with Gasteiger partial charge in [0.2, 0.25) is 0 Å². The normalized spacial score (nSPS) is 10.6. The van der Waals surface area contributed by atoms with Crippen LogP contribution in [0.1, 0.15) is 27.0 Å². The number of nitrogens with zero attached hydrogens (tertiary/aromatic N) is 3. The first-order valence-corrected chi connectivity index (χ1v) is 10.2. The number of ether oxygens (including phenoxy) is 1. The molecule has 0 unspecified atom stereocenters. The standard InChI is InChI=1S/C24H21ClN4O2/c25-21-11-9-20(10-12-21)15-31-23-4-2-1-3-22(23)24(30)27-13-18-5-7-19(8-6-18)14-29-17-26-16-28-29/h1-12,16-17H,13-15H2,(H,27,30). The van der Waals surface area contributed by atoms with Crippen LogP contribution in [-0.2, 0) is 19.7 Å². The van der Waals surface area contributed by atoms with Gasteiger partial charge in [0.05, 0.1) is 12.1 Å². The average molecular weight is 433 g/mol. The molecule has 156 valence electrons. The molecule has 7 heteroatoms. The van der Waals surface area contributed by atoms with Crippen LogP contribution >= 0.6 is 11.6 Å². The number of carbonyl (C=O) groups excluding carboxylic acids is 1. The van der Waals surface area contributed by atoms with Gasteiger partial charge in [0.15, 0.2) is 0 Å². The predicted octanol–water partition coefficient (Wildman–Crippen LogP) is 4.49. The van der Waals surface area contributed by atoms with E-state index in [-0.39, 0.29) is 5.91 Å². The molecule has 0 aliphatic carbocycles. The number of para-hydroxylation sites is 1. The topological polar surface area (TPSA) is 69.0 Å². The van der Waals surface area contributed by atoms with Crippen molar-refractivity contribution in [2.45, 2.75) is 19.7 Å². The second-order valence-corrected chi connectivity index (χ2v) is 7.44. The maximum absolute atomic E-state index is 12.7. The minimum absolute atomic E-state index is 0.182. The highest BCUT2D eigenvalue weighted by Crippen LogP contribution is 2.20. The monoisotopic (exact) mass is 432 g/mol. The molecule has 0 saturated carbocycles. The third kappa shape index (κ3) is 5.71. The molecule has 4 aromatic rings. The van der Waals surface area contributed by atoms with E-state index >= 15 is 0 Å². The fraction of sp³-hybridized carbons (Fsp3) is 0.125. The van der Waals surface area contributed by atoms with Gasteiger partial charge in [-0.3, -0.25) is 4.79 Å². The Morgan fingerprint density at radius 3 is 2.39 bits per heavy atom. The van der Waals surface area contributed by atoms with Crippen LogP contribution in [0.2, 0.25) is 5.02 Å². The lowest BCUT2D eigenvalue weighted by atomic mass is 10.1. The number of halogens is 1. The first kappa shape index (κ1) is 20.6. The molecule has 6 nitrogen and oxygen atoms in total. The first-order valence-electron chi connectivity index (χ1n) is 9.82. The number of hydrogen-bond acceptors (Lipinski definition) is 4. The Morgan fingerprint density at radius 2 is 1.65 bits per heavy atom. The Hall–Kier alpha value is -3.64.